The molecule has 0 aliphatic carbocycles. The SMILES string of the molecule is O=C(C1=COCCC1)C1NCCc2ccccc21. The molecule has 1 aromatic carbocycles. The lowest BCUT2D eigenvalue weighted by molar-refractivity contribution is -0.118. The van der Waals surface area contributed by atoms with Crippen molar-refractivity contribution in [1.29, 1.82) is 0 Å². The van der Waals surface area contributed by atoms with Crippen LogP contribution in [0.5, 0.6) is 0 Å². The Morgan fingerprint density at radius 1 is 1.28 bits per heavy atom. The first-order valence-electron chi connectivity index (χ1n) is 6.52. The highest BCUT2D eigenvalue weighted by atomic mass is 16.5. The quantitative estimate of drug-likeness (QED) is 0.864. The Morgan fingerprint density at radius 3 is 3.00 bits per heavy atom. The Labute approximate surface area is 107 Å². The van der Waals surface area contributed by atoms with E-state index in [1.165, 1.54) is 5.56 Å². The van der Waals surface area contributed by atoms with E-state index in [4.69, 9.17) is 4.74 Å². The molecule has 1 aromatic rings. The summed E-state index contributed by atoms with van der Waals surface area (Å²) < 4.78 is 5.27. The topological polar surface area (TPSA) is 38.3 Å². The minimum Gasteiger partial charge on any atom is -0.501 e. The largest absolute Gasteiger partial charge is 0.501 e. The van der Waals surface area contributed by atoms with Crippen molar-refractivity contribution in [1.82, 2.24) is 5.32 Å². The van der Waals surface area contributed by atoms with Crippen LogP contribution in [0.1, 0.15) is 30.0 Å². The summed E-state index contributed by atoms with van der Waals surface area (Å²) in [4.78, 5) is 12.5. The van der Waals surface area contributed by atoms with Crippen LogP contribution in [0.25, 0.3) is 0 Å². The molecule has 0 amide bonds. The fourth-order valence-electron chi connectivity index (χ4n) is 2.67. The van der Waals surface area contributed by atoms with E-state index in [0.717, 1.165) is 43.6 Å². The number of hydrogen-bond donors (Lipinski definition) is 1. The van der Waals surface area contributed by atoms with E-state index in [-0.39, 0.29) is 11.8 Å². The number of hydrogen-bond acceptors (Lipinski definition) is 3. The van der Waals surface area contributed by atoms with Crippen LogP contribution in [0.3, 0.4) is 0 Å². The van der Waals surface area contributed by atoms with Gasteiger partial charge in [-0.05, 0) is 30.4 Å². The van der Waals surface area contributed by atoms with Gasteiger partial charge in [-0.3, -0.25) is 4.79 Å². The zero-order chi connectivity index (χ0) is 12.4. The Kier molecular flexibility index (Phi) is 3.15. The van der Waals surface area contributed by atoms with Gasteiger partial charge in [-0.1, -0.05) is 24.3 Å². The maximum Gasteiger partial charge on any atom is 0.183 e. The Morgan fingerprint density at radius 2 is 2.17 bits per heavy atom. The van der Waals surface area contributed by atoms with E-state index < -0.39 is 0 Å². The van der Waals surface area contributed by atoms with Crippen molar-refractivity contribution >= 4 is 5.78 Å². The molecule has 94 valence electrons. The highest BCUT2D eigenvalue weighted by Crippen LogP contribution is 2.27. The average molecular weight is 243 g/mol. The van der Waals surface area contributed by atoms with E-state index >= 15 is 0 Å². The van der Waals surface area contributed by atoms with Crippen molar-refractivity contribution in [2.75, 3.05) is 13.2 Å². The molecule has 3 nitrogen and oxygen atoms in total. The number of ether oxygens (including phenoxy) is 1. The monoisotopic (exact) mass is 243 g/mol. The fourth-order valence-corrected chi connectivity index (χ4v) is 2.67. The highest BCUT2D eigenvalue weighted by molar-refractivity contribution is 6.00. The normalized spacial score (nSPS) is 22.7. The van der Waals surface area contributed by atoms with Gasteiger partial charge in [-0.2, -0.15) is 0 Å². The van der Waals surface area contributed by atoms with Gasteiger partial charge in [0, 0.05) is 12.1 Å². The van der Waals surface area contributed by atoms with Crippen molar-refractivity contribution < 1.29 is 9.53 Å². The van der Waals surface area contributed by atoms with Crippen molar-refractivity contribution in [3.05, 3.63) is 47.2 Å². The van der Waals surface area contributed by atoms with E-state index in [2.05, 4.69) is 11.4 Å². The summed E-state index contributed by atoms with van der Waals surface area (Å²) in [6, 6.07) is 8.01. The van der Waals surface area contributed by atoms with Crippen LogP contribution < -0.4 is 5.32 Å². The third kappa shape index (κ3) is 2.06. The molecule has 3 heteroatoms. The summed E-state index contributed by atoms with van der Waals surface area (Å²) in [5.41, 5.74) is 3.22. The first-order chi connectivity index (χ1) is 8.86. The van der Waals surface area contributed by atoms with Crippen LogP contribution in [-0.2, 0) is 16.0 Å². The van der Waals surface area contributed by atoms with Gasteiger partial charge in [0.05, 0.1) is 18.9 Å². The molecule has 0 bridgehead atoms. The van der Waals surface area contributed by atoms with Gasteiger partial charge in [0.15, 0.2) is 5.78 Å². The van der Waals surface area contributed by atoms with E-state index in [1.54, 1.807) is 6.26 Å². The van der Waals surface area contributed by atoms with Gasteiger partial charge < -0.3 is 10.1 Å². The molecule has 0 spiro atoms. The van der Waals surface area contributed by atoms with E-state index in [9.17, 15) is 4.79 Å². The predicted molar refractivity (Wildman–Crippen MR) is 69.2 cm³/mol. The maximum atomic E-state index is 12.5. The van der Waals surface area contributed by atoms with E-state index in [1.807, 2.05) is 18.2 Å². The highest BCUT2D eigenvalue weighted by Gasteiger charge is 2.28. The second-order valence-corrected chi connectivity index (χ2v) is 4.82. The molecule has 3 rings (SSSR count). The first-order valence-corrected chi connectivity index (χ1v) is 6.52. The van der Waals surface area contributed by atoms with Gasteiger partial charge in [-0.15, -0.1) is 0 Å². The number of ketones is 1. The van der Waals surface area contributed by atoms with Crippen LogP contribution >= 0.6 is 0 Å². The summed E-state index contributed by atoms with van der Waals surface area (Å²) in [5, 5.41) is 3.33. The summed E-state index contributed by atoms with van der Waals surface area (Å²) in [6.07, 6.45) is 4.41. The molecule has 1 atom stereocenters. The van der Waals surface area contributed by atoms with Crippen LogP contribution in [0.15, 0.2) is 36.1 Å². The number of nitrogens with one attached hydrogen (secondary N) is 1. The molecule has 0 fully saturated rings. The molecular formula is C15H17NO2. The predicted octanol–water partition coefficient (Wildman–Crippen LogP) is 2.14. The molecule has 2 aliphatic rings. The molecular weight excluding hydrogens is 226 g/mol. The molecule has 2 heterocycles. The summed E-state index contributed by atoms with van der Waals surface area (Å²) >= 11 is 0. The van der Waals surface area contributed by atoms with Gasteiger partial charge in [0.1, 0.15) is 0 Å². The summed E-state index contributed by atoms with van der Waals surface area (Å²) in [6.45, 7) is 1.59. The summed E-state index contributed by atoms with van der Waals surface area (Å²) in [5.74, 6) is 0.168. The Bertz CT molecular complexity index is 493. The number of benzene rings is 1. The standard InChI is InChI=1S/C15H17NO2/c17-15(12-5-3-9-18-10-12)14-13-6-2-1-4-11(13)7-8-16-14/h1-2,4,6,10,14,16H,3,5,7-9H2. The van der Waals surface area contributed by atoms with Crippen molar-refractivity contribution in [3.8, 4) is 0 Å². The molecule has 1 unspecified atom stereocenters. The van der Waals surface area contributed by atoms with Crippen LogP contribution in [0.4, 0.5) is 0 Å². The van der Waals surface area contributed by atoms with Crippen molar-refractivity contribution in [2.45, 2.75) is 25.3 Å². The lowest BCUT2D eigenvalue weighted by atomic mass is 9.88. The van der Waals surface area contributed by atoms with Gasteiger partial charge in [0.2, 0.25) is 0 Å². The van der Waals surface area contributed by atoms with Gasteiger partial charge in [-0.25, -0.2) is 0 Å². The molecule has 0 saturated heterocycles. The number of fused-ring (bicyclic) bond motifs is 1. The third-order valence-corrected chi connectivity index (χ3v) is 3.62. The Balaban J connectivity index is 1.89. The third-order valence-electron chi connectivity index (χ3n) is 3.62. The van der Waals surface area contributed by atoms with E-state index in [0.29, 0.717) is 0 Å². The minimum absolute atomic E-state index is 0.168. The molecule has 2 aliphatic heterocycles. The second-order valence-electron chi connectivity index (χ2n) is 4.82. The molecule has 1 N–H and O–H groups in total. The minimum atomic E-state index is -0.192. The number of carbonyl (C=O) groups excluding carboxylic acids is 1. The maximum absolute atomic E-state index is 12.5. The van der Waals surface area contributed by atoms with Crippen LogP contribution in [0, 0.1) is 0 Å². The smallest absolute Gasteiger partial charge is 0.183 e. The summed E-state index contributed by atoms with van der Waals surface area (Å²) in [7, 11) is 0. The zero-order valence-corrected chi connectivity index (χ0v) is 10.3. The van der Waals surface area contributed by atoms with Gasteiger partial charge >= 0.3 is 0 Å². The number of Topliss-reactive ketones (excluding diaryl/α,β-unsaturated/α-hetero) is 1. The molecule has 0 radical (unpaired) electrons. The molecule has 0 aromatic heterocycles. The lowest BCUT2D eigenvalue weighted by Crippen LogP contribution is -2.36. The first kappa shape index (κ1) is 11.5. The van der Waals surface area contributed by atoms with Gasteiger partial charge in [0.25, 0.3) is 0 Å². The van der Waals surface area contributed by atoms with Crippen molar-refractivity contribution in [2.24, 2.45) is 0 Å². The number of rotatable bonds is 2. The van der Waals surface area contributed by atoms with Crippen molar-refractivity contribution in [3.63, 3.8) is 0 Å². The fraction of sp³-hybridized carbons (Fsp3) is 0.400. The second kappa shape index (κ2) is 4.94. The molecule has 18 heavy (non-hydrogen) atoms. The van der Waals surface area contributed by atoms with Crippen LogP contribution in [-0.4, -0.2) is 18.9 Å². The zero-order valence-electron chi connectivity index (χ0n) is 10.3. The Hall–Kier alpha value is -1.61. The average Bonchev–Trinajstić information content (AvgIpc) is 2.47. The lowest BCUT2D eigenvalue weighted by Gasteiger charge is -2.27. The molecule has 0 saturated carbocycles. The number of carbonyl (C=O) groups is 1. The van der Waals surface area contributed by atoms with Crippen LogP contribution in [0.2, 0.25) is 0 Å².